The van der Waals surface area contributed by atoms with E-state index in [9.17, 15) is 9.59 Å². The molecule has 0 aromatic carbocycles. The number of carbonyl (C=O) groups is 2. The number of carboxylic acid groups (broad SMARTS) is 1. The van der Waals surface area contributed by atoms with Crippen LogP contribution in [0.3, 0.4) is 0 Å². The minimum Gasteiger partial charge on any atom is -0.480 e. The van der Waals surface area contributed by atoms with Crippen molar-refractivity contribution in [2.24, 2.45) is 0 Å². The molecule has 1 heterocycles. The molecule has 98 valence electrons. The molecule has 0 saturated carbocycles. The SMILES string of the molecule is CN(Cc1cccnc1)C(=O)NC(C)(C)C(=O)O. The number of hydrogen-bond donors (Lipinski definition) is 2. The molecule has 0 saturated heterocycles. The Morgan fingerprint density at radius 1 is 1.50 bits per heavy atom. The van der Waals surface area contributed by atoms with Crippen LogP contribution in [0.2, 0.25) is 0 Å². The van der Waals surface area contributed by atoms with Crippen molar-refractivity contribution in [2.75, 3.05) is 7.05 Å². The summed E-state index contributed by atoms with van der Waals surface area (Å²) < 4.78 is 0. The zero-order valence-corrected chi connectivity index (χ0v) is 10.7. The lowest BCUT2D eigenvalue weighted by Gasteiger charge is -2.25. The van der Waals surface area contributed by atoms with Crippen LogP contribution in [-0.2, 0) is 11.3 Å². The molecule has 0 bridgehead atoms. The summed E-state index contributed by atoms with van der Waals surface area (Å²) in [5, 5.41) is 11.4. The van der Waals surface area contributed by atoms with E-state index in [0.717, 1.165) is 5.56 Å². The van der Waals surface area contributed by atoms with Crippen molar-refractivity contribution in [1.82, 2.24) is 15.2 Å². The van der Waals surface area contributed by atoms with Gasteiger partial charge in [0.15, 0.2) is 0 Å². The fourth-order valence-corrected chi connectivity index (χ4v) is 1.25. The molecule has 1 rings (SSSR count). The molecule has 18 heavy (non-hydrogen) atoms. The quantitative estimate of drug-likeness (QED) is 0.839. The number of amides is 2. The highest BCUT2D eigenvalue weighted by atomic mass is 16.4. The minimum atomic E-state index is -1.29. The minimum absolute atomic E-state index is 0.370. The first-order valence-corrected chi connectivity index (χ1v) is 5.48. The molecule has 0 radical (unpaired) electrons. The molecule has 6 heteroatoms. The normalized spacial score (nSPS) is 10.8. The van der Waals surface area contributed by atoms with Crippen LogP contribution in [0.1, 0.15) is 19.4 Å². The molecule has 1 aromatic rings. The lowest BCUT2D eigenvalue weighted by molar-refractivity contribution is -0.143. The van der Waals surface area contributed by atoms with E-state index in [2.05, 4.69) is 10.3 Å². The van der Waals surface area contributed by atoms with E-state index < -0.39 is 17.5 Å². The predicted octanol–water partition coefficient (Wildman–Crippen LogP) is 1.09. The second-order valence-corrected chi connectivity index (χ2v) is 4.58. The average Bonchev–Trinajstić information content (AvgIpc) is 2.29. The highest BCUT2D eigenvalue weighted by Gasteiger charge is 2.30. The van der Waals surface area contributed by atoms with E-state index in [0.29, 0.717) is 6.54 Å². The zero-order chi connectivity index (χ0) is 13.8. The third kappa shape index (κ3) is 3.73. The number of aromatic nitrogens is 1. The van der Waals surface area contributed by atoms with Crippen LogP contribution in [0.25, 0.3) is 0 Å². The number of urea groups is 1. The molecule has 2 amide bonds. The van der Waals surface area contributed by atoms with Gasteiger partial charge in [-0.3, -0.25) is 4.98 Å². The van der Waals surface area contributed by atoms with Gasteiger partial charge in [-0.2, -0.15) is 0 Å². The number of rotatable bonds is 4. The third-order valence-corrected chi connectivity index (χ3v) is 2.44. The van der Waals surface area contributed by atoms with Gasteiger partial charge < -0.3 is 15.3 Å². The highest BCUT2D eigenvalue weighted by molar-refractivity contribution is 5.85. The average molecular weight is 251 g/mol. The zero-order valence-electron chi connectivity index (χ0n) is 10.7. The molecular formula is C12H17N3O3. The van der Waals surface area contributed by atoms with E-state index in [4.69, 9.17) is 5.11 Å². The Morgan fingerprint density at radius 3 is 2.67 bits per heavy atom. The molecule has 0 spiro atoms. The number of carbonyl (C=O) groups excluding carboxylic acids is 1. The van der Waals surface area contributed by atoms with Crippen molar-refractivity contribution in [3.63, 3.8) is 0 Å². The van der Waals surface area contributed by atoms with Crippen LogP contribution in [-0.4, -0.2) is 39.6 Å². The summed E-state index contributed by atoms with van der Waals surface area (Å²) in [6.45, 7) is 3.24. The summed E-state index contributed by atoms with van der Waals surface area (Å²) in [5.41, 5.74) is -0.413. The van der Waals surface area contributed by atoms with Gasteiger partial charge in [-0.1, -0.05) is 6.07 Å². The van der Waals surface area contributed by atoms with Gasteiger partial charge in [0, 0.05) is 26.0 Å². The van der Waals surface area contributed by atoms with Crippen LogP contribution >= 0.6 is 0 Å². The number of hydrogen-bond acceptors (Lipinski definition) is 3. The molecule has 0 fully saturated rings. The van der Waals surface area contributed by atoms with Crippen LogP contribution in [0.15, 0.2) is 24.5 Å². The van der Waals surface area contributed by atoms with Crippen LogP contribution in [0.5, 0.6) is 0 Å². The number of nitrogens with zero attached hydrogens (tertiary/aromatic N) is 2. The lowest BCUT2D eigenvalue weighted by atomic mass is 10.1. The van der Waals surface area contributed by atoms with Crippen molar-refractivity contribution < 1.29 is 14.7 Å². The van der Waals surface area contributed by atoms with Crippen LogP contribution in [0.4, 0.5) is 4.79 Å². The van der Waals surface area contributed by atoms with Gasteiger partial charge in [0.05, 0.1) is 0 Å². The van der Waals surface area contributed by atoms with E-state index in [1.165, 1.54) is 18.7 Å². The Morgan fingerprint density at radius 2 is 2.17 bits per heavy atom. The fraction of sp³-hybridized carbons (Fsp3) is 0.417. The number of nitrogens with one attached hydrogen (secondary N) is 1. The Balaban J connectivity index is 2.60. The molecule has 0 unspecified atom stereocenters. The largest absolute Gasteiger partial charge is 0.480 e. The van der Waals surface area contributed by atoms with E-state index >= 15 is 0 Å². The molecule has 0 aliphatic heterocycles. The second kappa shape index (κ2) is 5.48. The molecule has 0 aliphatic rings. The number of aliphatic carboxylic acids is 1. The van der Waals surface area contributed by atoms with Gasteiger partial charge in [0.2, 0.25) is 0 Å². The van der Waals surface area contributed by atoms with Gasteiger partial charge in [0.25, 0.3) is 0 Å². The number of pyridine rings is 1. The Kier molecular flexibility index (Phi) is 4.25. The van der Waals surface area contributed by atoms with Crippen molar-refractivity contribution in [1.29, 1.82) is 0 Å². The molecule has 2 N–H and O–H groups in total. The number of carboxylic acids is 1. The Bertz CT molecular complexity index is 431. The van der Waals surface area contributed by atoms with Crippen molar-refractivity contribution >= 4 is 12.0 Å². The van der Waals surface area contributed by atoms with Gasteiger partial charge >= 0.3 is 12.0 Å². The molecule has 6 nitrogen and oxygen atoms in total. The van der Waals surface area contributed by atoms with Crippen molar-refractivity contribution in [3.8, 4) is 0 Å². The topological polar surface area (TPSA) is 82.5 Å². The molecule has 0 aliphatic carbocycles. The van der Waals surface area contributed by atoms with Crippen molar-refractivity contribution in [2.45, 2.75) is 25.9 Å². The Hall–Kier alpha value is -2.11. The smallest absolute Gasteiger partial charge is 0.328 e. The van der Waals surface area contributed by atoms with Gasteiger partial charge in [-0.25, -0.2) is 9.59 Å². The highest BCUT2D eigenvalue weighted by Crippen LogP contribution is 2.05. The second-order valence-electron chi connectivity index (χ2n) is 4.58. The summed E-state index contributed by atoms with van der Waals surface area (Å²) >= 11 is 0. The standard InChI is InChI=1S/C12H17N3O3/c1-12(2,10(16)17)14-11(18)15(3)8-9-5-4-6-13-7-9/h4-7H,8H2,1-3H3,(H,14,18)(H,16,17). The molecule has 0 atom stereocenters. The van der Waals surface area contributed by atoms with Crippen molar-refractivity contribution in [3.05, 3.63) is 30.1 Å². The first kappa shape index (κ1) is 14.0. The van der Waals surface area contributed by atoms with E-state index in [1.807, 2.05) is 6.07 Å². The van der Waals surface area contributed by atoms with Gasteiger partial charge in [-0.05, 0) is 25.5 Å². The monoisotopic (exact) mass is 251 g/mol. The maximum Gasteiger partial charge on any atom is 0.328 e. The summed E-state index contributed by atoms with van der Waals surface area (Å²) in [6, 6.07) is 3.19. The maximum atomic E-state index is 11.8. The molecular weight excluding hydrogens is 234 g/mol. The summed E-state index contributed by atoms with van der Waals surface area (Å²) in [5.74, 6) is -1.08. The first-order chi connectivity index (χ1) is 8.33. The van der Waals surface area contributed by atoms with Crippen LogP contribution < -0.4 is 5.32 Å². The fourth-order valence-electron chi connectivity index (χ4n) is 1.25. The van der Waals surface area contributed by atoms with Crippen LogP contribution in [0, 0.1) is 0 Å². The lowest BCUT2D eigenvalue weighted by Crippen LogP contribution is -2.53. The summed E-state index contributed by atoms with van der Waals surface area (Å²) in [7, 11) is 1.60. The third-order valence-electron chi connectivity index (χ3n) is 2.44. The predicted molar refractivity (Wildman–Crippen MR) is 66.0 cm³/mol. The van der Waals surface area contributed by atoms with Gasteiger partial charge in [0.1, 0.15) is 5.54 Å². The van der Waals surface area contributed by atoms with Gasteiger partial charge in [-0.15, -0.1) is 0 Å². The maximum absolute atomic E-state index is 11.8. The van der Waals surface area contributed by atoms with E-state index in [-0.39, 0.29) is 0 Å². The van der Waals surface area contributed by atoms with E-state index in [1.54, 1.807) is 25.5 Å². The molecule has 1 aromatic heterocycles. The summed E-state index contributed by atoms with van der Waals surface area (Å²) in [6.07, 6.45) is 3.31. The Labute approximate surface area is 106 Å². The summed E-state index contributed by atoms with van der Waals surface area (Å²) in [4.78, 5) is 28.0. The first-order valence-electron chi connectivity index (χ1n) is 5.48.